The van der Waals surface area contributed by atoms with Gasteiger partial charge in [0.25, 0.3) is 0 Å². The van der Waals surface area contributed by atoms with Gasteiger partial charge in [-0.15, -0.1) is 0 Å². The first-order valence-electron chi connectivity index (χ1n) is 30.9. The minimum atomic E-state index is -0.762. The smallest absolute Gasteiger partial charge is 0.306 e. The van der Waals surface area contributed by atoms with Crippen LogP contribution in [0.1, 0.15) is 355 Å². The SMILES string of the molecule is CCCCCCCCCCCCCCCCCCCCCC(=O)OC[C@H](COC(=O)CCCCCCCCCCCC)OC(=O)CCCCCCCCCCCCCCCCCCCCC(C)C. The Kier molecular flexibility index (Phi) is 55.0. The van der Waals surface area contributed by atoms with Crippen molar-refractivity contribution in [2.45, 2.75) is 361 Å². The molecule has 0 heterocycles. The number of hydrogen-bond donors (Lipinski definition) is 0. The van der Waals surface area contributed by atoms with Crippen molar-refractivity contribution in [3.63, 3.8) is 0 Å². The van der Waals surface area contributed by atoms with Crippen molar-refractivity contribution in [1.82, 2.24) is 0 Å². The minimum Gasteiger partial charge on any atom is -0.462 e. The molecule has 0 spiro atoms. The van der Waals surface area contributed by atoms with Crippen LogP contribution in [0, 0.1) is 5.92 Å². The second-order valence-electron chi connectivity index (χ2n) is 21.8. The molecule has 0 aromatic rings. The molecule has 0 amide bonds. The maximum absolute atomic E-state index is 12.9. The van der Waals surface area contributed by atoms with Gasteiger partial charge in [-0.05, 0) is 25.2 Å². The highest BCUT2D eigenvalue weighted by Crippen LogP contribution is 2.18. The highest BCUT2D eigenvalue weighted by atomic mass is 16.6. The Hall–Kier alpha value is -1.59. The third kappa shape index (κ3) is 55.3. The molecule has 0 aliphatic heterocycles. The second-order valence-corrected chi connectivity index (χ2v) is 21.8. The summed E-state index contributed by atoms with van der Waals surface area (Å²) in [4.78, 5) is 38.2. The van der Waals surface area contributed by atoms with E-state index in [1.165, 1.54) is 250 Å². The van der Waals surface area contributed by atoms with Gasteiger partial charge in [-0.2, -0.15) is 0 Å². The molecule has 0 aromatic carbocycles. The summed E-state index contributed by atoms with van der Waals surface area (Å²) in [7, 11) is 0. The zero-order valence-corrected chi connectivity index (χ0v) is 46.6. The third-order valence-corrected chi connectivity index (χ3v) is 14.3. The largest absolute Gasteiger partial charge is 0.462 e. The van der Waals surface area contributed by atoms with E-state index in [1.54, 1.807) is 0 Å². The standard InChI is InChI=1S/C62H120O6/c1-5-7-9-11-13-15-17-18-19-20-21-25-28-31-34-38-42-46-50-54-61(64)67-57-59(56-66-60(63)53-49-45-41-37-16-14-12-10-8-6-2)68-62(65)55-51-47-43-39-35-32-29-26-23-22-24-27-30-33-36-40-44-48-52-58(3)4/h58-59H,5-57H2,1-4H3/t59-/m0/s1. The maximum atomic E-state index is 12.9. The van der Waals surface area contributed by atoms with Gasteiger partial charge in [0.1, 0.15) is 13.2 Å². The van der Waals surface area contributed by atoms with Crippen molar-refractivity contribution in [2.24, 2.45) is 5.92 Å². The van der Waals surface area contributed by atoms with Gasteiger partial charge in [-0.25, -0.2) is 0 Å². The van der Waals surface area contributed by atoms with E-state index in [2.05, 4.69) is 27.7 Å². The predicted molar refractivity (Wildman–Crippen MR) is 293 cm³/mol. The maximum Gasteiger partial charge on any atom is 0.306 e. The van der Waals surface area contributed by atoms with E-state index in [4.69, 9.17) is 14.2 Å². The van der Waals surface area contributed by atoms with Crippen LogP contribution in [0.15, 0.2) is 0 Å². The van der Waals surface area contributed by atoms with Crippen molar-refractivity contribution in [1.29, 1.82) is 0 Å². The van der Waals surface area contributed by atoms with E-state index in [0.29, 0.717) is 19.3 Å². The van der Waals surface area contributed by atoms with E-state index in [0.717, 1.165) is 63.7 Å². The van der Waals surface area contributed by atoms with Gasteiger partial charge in [-0.3, -0.25) is 14.4 Å². The van der Waals surface area contributed by atoms with E-state index in [9.17, 15) is 14.4 Å². The molecule has 0 N–H and O–H groups in total. The first kappa shape index (κ1) is 66.4. The highest BCUT2D eigenvalue weighted by Gasteiger charge is 2.19. The summed E-state index contributed by atoms with van der Waals surface area (Å²) in [5.74, 6) is 0.0252. The van der Waals surface area contributed by atoms with Crippen molar-refractivity contribution in [3.05, 3.63) is 0 Å². The molecule has 6 heteroatoms. The molecule has 0 aromatic heterocycles. The minimum absolute atomic E-state index is 0.0615. The lowest BCUT2D eigenvalue weighted by Gasteiger charge is -2.18. The van der Waals surface area contributed by atoms with Crippen LogP contribution in [0.3, 0.4) is 0 Å². The number of rotatable bonds is 57. The van der Waals surface area contributed by atoms with Gasteiger partial charge in [-0.1, -0.05) is 317 Å². The molecule has 0 saturated carbocycles. The van der Waals surface area contributed by atoms with Crippen molar-refractivity contribution < 1.29 is 28.6 Å². The van der Waals surface area contributed by atoms with Gasteiger partial charge >= 0.3 is 17.9 Å². The van der Waals surface area contributed by atoms with E-state index in [-0.39, 0.29) is 31.1 Å². The zero-order chi connectivity index (χ0) is 49.5. The van der Waals surface area contributed by atoms with Gasteiger partial charge < -0.3 is 14.2 Å². The Morgan fingerprint density at radius 3 is 0.721 bits per heavy atom. The lowest BCUT2D eigenvalue weighted by molar-refractivity contribution is -0.167. The summed E-state index contributed by atoms with van der Waals surface area (Å²) in [5, 5.41) is 0. The molecular formula is C62H120O6. The van der Waals surface area contributed by atoms with Crippen molar-refractivity contribution in [3.8, 4) is 0 Å². The molecule has 1 atom stereocenters. The molecular weight excluding hydrogens is 841 g/mol. The van der Waals surface area contributed by atoms with E-state index >= 15 is 0 Å². The fraction of sp³-hybridized carbons (Fsp3) is 0.952. The van der Waals surface area contributed by atoms with Crippen LogP contribution in [0.25, 0.3) is 0 Å². The Labute approximate surface area is 425 Å². The molecule has 0 rings (SSSR count). The average molecular weight is 962 g/mol. The fourth-order valence-electron chi connectivity index (χ4n) is 9.63. The lowest BCUT2D eigenvalue weighted by atomic mass is 10.0. The molecule has 0 unspecified atom stereocenters. The van der Waals surface area contributed by atoms with Crippen LogP contribution in [-0.4, -0.2) is 37.2 Å². The normalized spacial score (nSPS) is 12.0. The van der Waals surface area contributed by atoms with Crippen LogP contribution in [0.4, 0.5) is 0 Å². The number of esters is 3. The molecule has 6 nitrogen and oxygen atoms in total. The summed E-state index contributed by atoms with van der Waals surface area (Å²) < 4.78 is 16.9. The second kappa shape index (κ2) is 56.3. The number of hydrogen-bond acceptors (Lipinski definition) is 6. The van der Waals surface area contributed by atoms with Gasteiger partial charge in [0.15, 0.2) is 6.10 Å². The molecule has 0 aliphatic rings. The summed E-state index contributed by atoms with van der Waals surface area (Å²) >= 11 is 0. The zero-order valence-electron chi connectivity index (χ0n) is 46.6. The molecule has 404 valence electrons. The number of unbranched alkanes of at least 4 members (excludes halogenated alkanes) is 44. The Morgan fingerprint density at radius 1 is 0.279 bits per heavy atom. The van der Waals surface area contributed by atoms with E-state index in [1.807, 2.05) is 0 Å². The Balaban J connectivity index is 4.19. The average Bonchev–Trinajstić information content (AvgIpc) is 3.32. The third-order valence-electron chi connectivity index (χ3n) is 14.3. The topological polar surface area (TPSA) is 78.9 Å². The van der Waals surface area contributed by atoms with Crippen molar-refractivity contribution in [2.75, 3.05) is 13.2 Å². The molecule has 0 aliphatic carbocycles. The van der Waals surface area contributed by atoms with Gasteiger partial charge in [0, 0.05) is 19.3 Å². The molecule has 68 heavy (non-hydrogen) atoms. The molecule has 0 fully saturated rings. The molecule has 0 radical (unpaired) electrons. The summed E-state index contributed by atoms with van der Waals surface area (Å²) in [6, 6.07) is 0. The monoisotopic (exact) mass is 961 g/mol. The number of carbonyl (C=O) groups excluding carboxylic acids is 3. The number of ether oxygens (including phenoxy) is 3. The summed E-state index contributed by atoms with van der Waals surface area (Å²) in [5.41, 5.74) is 0. The van der Waals surface area contributed by atoms with Crippen LogP contribution < -0.4 is 0 Å². The first-order chi connectivity index (χ1) is 33.4. The van der Waals surface area contributed by atoms with Crippen LogP contribution in [0.2, 0.25) is 0 Å². The number of carbonyl (C=O) groups is 3. The fourth-order valence-corrected chi connectivity index (χ4v) is 9.63. The highest BCUT2D eigenvalue weighted by molar-refractivity contribution is 5.71. The quantitative estimate of drug-likeness (QED) is 0.0343. The van der Waals surface area contributed by atoms with Crippen LogP contribution in [-0.2, 0) is 28.6 Å². The van der Waals surface area contributed by atoms with Crippen LogP contribution >= 0.6 is 0 Å². The predicted octanol–water partition coefficient (Wildman–Crippen LogP) is 20.6. The molecule has 0 bridgehead atoms. The Morgan fingerprint density at radius 2 is 0.485 bits per heavy atom. The van der Waals surface area contributed by atoms with Crippen LogP contribution in [0.5, 0.6) is 0 Å². The van der Waals surface area contributed by atoms with Gasteiger partial charge in [0.05, 0.1) is 0 Å². The lowest BCUT2D eigenvalue weighted by Crippen LogP contribution is -2.30. The van der Waals surface area contributed by atoms with Crippen molar-refractivity contribution >= 4 is 17.9 Å². The first-order valence-corrected chi connectivity index (χ1v) is 30.9. The Bertz CT molecular complexity index is 1030. The van der Waals surface area contributed by atoms with E-state index < -0.39 is 6.10 Å². The summed E-state index contributed by atoms with van der Waals surface area (Å²) in [6.45, 7) is 9.08. The molecule has 0 saturated heterocycles. The summed E-state index contributed by atoms with van der Waals surface area (Å²) in [6.07, 6.45) is 62.5. The van der Waals surface area contributed by atoms with Gasteiger partial charge in [0.2, 0.25) is 0 Å².